The molecule has 1 N–H and O–H groups in total. The second-order valence-electron chi connectivity index (χ2n) is 8.42. The monoisotopic (exact) mass is 391 g/mol. The summed E-state index contributed by atoms with van der Waals surface area (Å²) in [5.74, 6) is 0. The van der Waals surface area contributed by atoms with Crippen LogP contribution >= 0.6 is 0 Å². The number of nitrogens with one attached hydrogen (secondary N) is 1. The highest BCUT2D eigenvalue weighted by atomic mass is 16.3. The lowest BCUT2D eigenvalue weighted by atomic mass is 9.76. The van der Waals surface area contributed by atoms with Gasteiger partial charge in [0.1, 0.15) is 5.58 Å². The smallest absolute Gasteiger partial charge is 0.158 e. The third-order valence-electron chi connectivity index (χ3n) is 6.14. The molecule has 0 saturated heterocycles. The Labute approximate surface area is 177 Å². The molecule has 4 aromatic rings. The Hall–Kier alpha value is -3.52. The van der Waals surface area contributed by atoms with Gasteiger partial charge in [0.15, 0.2) is 5.58 Å². The third-order valence-corrected chi connectivity index (χ3v) is 6.14. The van der Waals surface area contributed by atoms with E-state index in [0.717, 1.165) is 45.3 Å². The molecule has 1 aliphatic rings. The molecule has 0 spiro atoms. The van der Waals surface area contributed by atoms with E-state index in [4.69, 9.17) is 4.42 Å². The summed E-state index contributed by atoms with van der Waals surface area (Å²) >= 11 is 0. The van der Waals surface area contributed by atoms with Crippen molar-refractivity contribution in [1.82, 2.24) is 0 Å². The molecule has 3 aromatic carbocycles. The van der Waals surface area contributed by atoms with Crippen molar-refractivity contribution in [3.8, 4) is 0 Å². The van der Waals surface area contributed by atoms with Gasteiger partial charge >= 0.3 is 0 Å². The number of anilines is 1. The van der Waals surface area contributed by atoms with E-state index in [0.29, 0.717) is 0 Å². The molecule has 0 radical (unpaired) electrons. The second kappa shape index (κ2) is 7.07. The van der Waals surface area contributed by atoms with Crippen LogP contribution in [-0.2, 0) is 11.8 Å². The number of furan rings is 1. The highest BCUT2D eigenvalue weighted by Crippen LogP contribution is 2.37. The molecule has 0 aliphatic heterocycles. The van der Waals surface area contributed by atoms with Crippen molar-refractivity contribution in [3.63, 3.8) is 0 Å². The first kappa shape index (κ1) is 18.5. The first-order valence-electron chi connectivity index (χ1n) is 10.4. The average Bonchev–Trinajstić information content (AvgIpc) is 3.14. The quantitative estimate of drug-likeness (QED) is 0.382. The van der Waals surface area contributed by atoms with Crippen LogP contribution in [-0.4, -0.2) is 0 Å². The largest absolute Gasteiger partial charge is 0.454 e. The number of benzene rings is 3. The van der Waals surface area contributed by atoms with Crippen molar-refractivity contribution in [2.24, 2.45) is 0 Å². The Morgan fingerprint density at radius 3 is 2.57 bits per heavy atom. The number of fused-ring (bicyclic) bond motifs is 4. The minimum atomic E-state index is -0.152. The molecular weight excluding hydrogens is 366 g/mol. The van der Waals surface area contributed by atoms with Crippen LogP contribution in [0.25, 0.3) is 21.9 Å². The standard InChI is InChI=1S/C28H25NO/c1-19-18-21(12-8-11-20-10-4-6-15-24(20)28(19,2)3)29-25-16-9-14-23-22-13-5-7-17-26(22)30-27(23)25/h4-10,12-18,29H,1,11H2,2-3H3/b12-8-,21-18+. The number of allylic oxidation sites excluding steroid dienone is 4. The van der Waals surface area contributed by atoms with Crippen LogP contribution in [0, 0.1) is 0 Å². The Bertz CT molecular complexity index is 1330. The van der Waals surface area contributed by atoms with Gasteiger partial charge in [0.2, 0.25) is 0 Å². The molecule has 0 fully saturated rings. The van der Waals surface area contributed by atoms with Crippen molar-refractivity contribution in [3.05, 3.63) is 114 Å². The molecule has 148 valence electrons. The van der Waals surface area contributed by atoms with Gasteiger partial charge < -0.3 is 9.73 Å². The van der Waals surface area contributed by atoms with Crippen LogP contribution in [0.5, 0.6) is 0 Å². The van der Waals surface area contributed by atoms with Crippen LogP contribution in [0.15, 0.2) is 107 Å². The van der Waals surface area contributed by atoms with E-state index < -0.39 is 0 Å². The van der Waals surface area contributed by atoms with Crippen molar-refractivity contribution in [1.29, 1.82) is 0 Å². The van der Waals surface area contributed by atoms with E-state index in [1.54, 1.807) is 0 Å². The van der Waals surface area contributed by atoms with Crippen molar-refractivity contribution < 1.29 is 4.42 Å². The molecule has 1 aromatic heterocycles. The van der Waals surface area contributed by atoms with Gasteiger partial charge in [-0.2, -0.15) is 0 Å². The zero-order valence-corrected chi connectivity index (χ0v) is 17.4. The van der Waals surface area contributed by atoms with Crippen molar-refractivity contribution in [2.75, 3.05) is 5.32 Å². The van der Waals surface area contributed by atoms with E-state index in [2.05, 4.69) is 92.5 Å². The number of hydrogen-bond donors (Lipinski definition) is 1. The average molecular weight is 392 g/mol. The van der Waals surface area contributed by atoms with Crippen molar-refractivity contribution >= 4 is 27.6 Å². The summed E-state index contributed by atoms with van der Waals surface area (Å²) in [6.45, 7) is 8.91. The minimum absolute atomic E-state index is 0.152. The van der Waals surface area contributed by atoms with E-state index in [-0.39, 0.29) is 5.41 Å². The lowest BCUT2D eigenvalue weighted by Crippen LogP contribution is -2.21. The predicted octanol–water partition coefficient (Wildman–Crippen LogP) is 7.53. The number of para-hydroxylation sites is 2. The summed E-state index contributed by atoms with van der Waals surface area (Å²) in [6, 6.07) is 23.1. The fourth-order valence-corrected chi connectivity index (χ4v) is 4.29. The summed E-state index contributed by atoms with van der Waals surface area (Å²) in [5, 5.41) is 5.85. The molecule has 2 nitrogen and oxygen atoms in total. The fourth-order valence-electron chi connectivity index (χ4n) is 4.29. The van der Waals surface area contributed by atoms with Gasteiger partial charge in [-0.1, -0.05) is 81.1 Å². The molecule has 1 aliphatic carbocycles. The molecule has 2 heteroatoms. The third kappa shape index (κ3) is 3.05. The summed E-state index contributed by atoms with van der Waals surface area (Å²) in [6.07, 6.45) is 7.40. The van der Waals surface area contributed by atoms with Gasteiger partial charge in [-0.3, -0.25) is 0 Å². The normalized spacial score (nSPS) is 18.7. The fraction of sp³-hybridized carbons (Fsp3) is 0.143. The molecule has 0 saturated carbocycles. The minimum Gasteiger partial charge on any atom is -0.454 e. The summed E-state index contributed by atoms with van der Waals surface area (Å²) in [7, 11) is 0. The van der Waals surface area contributed by atoms with E-state index in [1.165, 1.54) is 11.1 Å². The van der Waals surface area contributed by atoms with Crippen LogP contribution in [0.3, 0.4) is 0 Å². The number of hydrogen-bond acceptors (Lipinski definition) is 2. The highest BCUT2D eigenvalue weighted by molar-refractivity contribution is 6.08. The summed E-state index contributed by atoms with van der Waals surface area (Å²) in [4.78, 5) is 0. The predicted molar refractivity (Wildman–Crippen MR) is 127 cm³/mol. The molecule has 0 unspecified atom stereocenters. The first-order chi connectivity index (χ1) is 14.5. The molecular formula is C28H25NO. The van der Waals surface area contributed by atoms with Gasteiger partial charge in [0, 0.05) is 21.9 Å². The van der Waals surface area contributed by atoms with Gasteiger partial charge in [-0.05, 0) is 47.4 Å². The maximum Gasteiger partial charge on any atom is 0.158 e. The molecule has 0 bridgehead atoms. The SMILES string of the molecule is C=C1/C=C(Nc2cccc3c2oc2ccccc23)\C=C/Cc2ccccc2C1(C)C. The van der Waals surface area contributed by atoms with E-state index in [9.17, 15) is 0 Å². The van der Waals surface area contributed by atoms with Crippen LogP contribution < -0.4 is 5.32 Å². The second-order valence-corrected chi connectivity index (χ2v) is 8.42. The van der Waals surface area contributed by atoms with E-state index in [1.807, 2.05) is 18.2 Å². The number of rotatable bonds is 2. The molecule has 30 heavy (non-hydrogen) atoms. The highest BCUT2D eigenvalue weighted by Gasteiger charge is 2.26. The lowest BCUT2D eigenvalue weighted by molar-refractivity contribution is 0.635. The Morgan fingerprint density at radius 2 is 1.67 bits per heavy atom. The Morgan fingerprint density at radius 1 is 0.900 bits per heavy atom. The Balaban J connectivity index is 1.58. The maximum absolute atomic E-state index is 6.19. The van der Waals surface area contributed by atoms with Gasteiger partial charge in [-0.15, -0.1) is 0 Å². The molecule has 5 rings (SSSR count). The van der Waals surface area contributed by atoms with Gasteiger partial charge in [-0.25, -0.2) is 0 Å². The molecule has 0 amide bonds. The summed E-state index contributed by atoms with van der Waals surface area (Å²) < 4.78 is 6.19. The maximum atomic E-state index is 6.19. The Kier molecular flexibility index (Phi) is 4.36. The van der Waals surface area contributed by atoms with Crippen LogP contribution in [0.2, 0.25) is 0 Å². The van der Waals surface area contributed by atoms with E-state index >= 15 is 0 Å². The van der Waals surface area contributed by atoms with Crippen molar-refractivity contribution in [2.45, 2.75) is 25.7 Å². The lowest BCUT2D eigenvalue weighted by Gasteiger charge is -2.28. The first-order valence-corrected chi connectivity index (χ1v) is 10.4. The zero-order chi connectivity index (χ0) is 20.7. The van der Waals surface area contributed by atoms with Gasteiger partial charge in [0.05, 0.1) is 5.69 Å². The molecule has 0 atom stereocenters. The topological polar surface area (TPSA) is 25.2 Å². The van der Waals surface area contributed by atoms with Gasteiger partial charge in [0.25, 0.3) is 0 Å². The van der Waals surface area contributed by atoms with Crippen LogP contribution in [0.4, 0.5) is 5.69 Å². The van der Waals surface area contributed by atoms with Crippen LogP contribution in [0.1, 0.15) is 25.0 Å². The zero-order valence-electron chi connectivity index (χ0n) is 17.4. The summed E-state index contributed by atoms with van der Waals surface area (Å²) in [5.41, 5.74) is 7.34. The molecule has 1 heterocycles.